The van der Waals surface area contributed by atoms with Crippen molar-refractivity contribution in [2.45, 2.75) is 51.8 Å². The molecule has 2 aromatic heterocycles. The first-order chi connectivity index (χ1) is 16.8. The predicted molar refractivity (Wildman–Crippen MR) is 124 cm³/mol. The first kappa shape index (κ1) is 22.9. The minimum atomic E-state index is -1.32. The molecule has 3 amide bonds. The minimum absolute atomic E-state index is 0.137. The number of carbonyl (C=O) groups is 3. The Balaban J connectivity index is 1.36. The number of imide groups is 1. The molecular formula is C24H27N7O4. The Morgan fingerprint density at radius 3 is 2.80 bits per heavy atom. The molecule has 11 nitrogen and oxygen atoms in total. The van der Waals surface area contributed by atoms with Gasteiger partial charge in [-0.2, -0.15) is 0 Å². The van der Waals surface area contributed by atoms with Crippen LogP contribution in [0.2, 0.25) is 0 Å². The number of Topliss-reactive ketones (excluding diaryl/α,β-unsaturated/α-hetero) is 1. The first-order valence-electron chi connectivity index (χ1n) is 11.6. The zero-order valence-electron chi connectivity index (χ0n) is 19.9. The number of urea groups is 1. The number of tetrazole rings is 1. The van der Waals surface area contributed by atoms with Gasteiger partial charge in [-0.25, -0.2) is 9.48 Å². The van der Waals surface area contributed by atoms with Crippen LogP contribution in [-0.4, -0.2) is 66.7 Å². The van der Waals surface area contributed by atoms with E-state index in [-0.39, 0.29) is 18.4 Å². The van der Waals surface area contributed by atoms with Gasteiger partial charge in [0, 0.05) is 30.1 Å². The Hall–Kier alpha value is -3.86. The van der Waals surface area contributed by atoms with Crippen LogP contribution in [0.3, 0.4) is 0 Å². The molecule has 0 aliphatic carbocycles. The fraction of sp³-hybridized carbons (Fsp3) is 0.417. The van der Waals surface area contributed by atoms with E-state index in [0.29, 0.717) is 23.4 Å². The third-order valence-electron chi connectivity index (χ3n) is 6.90. The number of hydrogen-bond donors (Lipinski definition) is 1. The zero-order chi connectivity index (χ0) is 24.7. The molecule has 35 heavy (non-hydrogen) atoms. The Labute approximate surface area is 202 Å². The number of ketones is 1. The highest BCUT2D eigenvalue weighted by Gasteiger charge is 2.49. The molecule has 3 aromatic rings. The van der Waals surface area contributed by atoms with Gasteiger partial charge < -0.3 is 14.6 Å². The molecule has 1 aromatic carbocycles. The SMILES string of the molecule is Cc1cc(C(=O)CN2C(=O)NC(C)(c3cccc(-n4cnnn4)c3)C2=O)c(C)n1CC1CCCO1. The highest BCUT2D eigenvalue weighted by Crippen LogP contribution is 2.30. The average molecular weight is 478 g/mol. The van der Waals surface area contributed by atoms with E-state index in [1.54, 1.807) is 31.2 Å². The second-order valence-electron chi connectivity index (χ2n) is 9.20. The van der Waals surface area contributed by atoms with Crippen LogP contribution in [0.15, 0.2) is 36.7 Å². The van der Waals surface area contributed by atoms with Gasteiger partial charge in [0.25, 0.3) is 5.91 Å². The van der Waals surface area contributed by atoms with Gasteiger partial charge in [0.1, 0.15) is 11.9 Å². The third-order valence-corrected chi connectivity index (χ3v) is 6.90. The number of aromatic nitrogens is 5. The lowest BCUT2D eigenvalue weighted by Crippen LogP contribution is -2.41. The van der Waals surface area contributed by atoms with Crippen molar-refractivity contribution < 1.29 is 19.1 Å². The summed E-state index contributed by atoms with van der Waals surface area (Å²) in [5, 5.41) is 13.9. The van der Waals surface area contributed by atoms with Gasteiger partial charge in [0.2, 0.25) is 0 Å². The quantitative estimate of drug-likeness (QED) is 0.407. The number of hydrogen-bond acceptors (Lipinski definition) is 7. The predicted octanol–water partition coefficient (Wildman–Crippen LogP) is 1.91. The Morgan fingerprint density at radius 2 is 2.09 bits per heavy atom. The third kappa shape index (κ3) is 4.01. The molecule has 2 saturated heterocycles. The van der Waals surface area contributed by atoms with Crippen molar-refractivity contribution >= 4 is 17.7 Å². The molecule has 2 fully saturated rings. The van der Waals surface area contributed by atoms with E-state index in [9.17, 15) is 14.4 Å². The molecule has 4 heterocycles. The summed E-state index contributed by atoms with van der Waals surface area (Å²) < 4.78 is 9.28. The summed E-state index contributed by atoms with van der Waals surface area (Å²) in [4.78, 5) is 40.4. The molecular weight excluding hydrogens is 450 g/mol. The number of aryl methyl sites for hydroxylation is 1. The van der Waals surface area contributed by atoms with Gasteiger partial charge in [0.15, 0.2) is 5.78 Å². The summed E-state index contributed by atoms with van der Waals surface area (Å²) in [6.07, 6.45) is 3.62. The summed E-state index contributed by atoms with van der Waals surface area (Å²) in [6.45, 7) is 6.57. The number of amides is 3. The van der Waals surface area contributed by atoms with Gasteiger partial charge in [-0.1, -0.05) is 12.1 Å². The monoisotopic (exact) mass is 477 g/mol. The molecule has 0 spiro atoms. The van der Waals surface area contributed by atoms with Crippen molar-refractivity contribution in [1.29, 1.82) is 0 Å². The summed E-state index contributed by atoms with van der Waals surface area (Å²) in [5.74, 6) is -0.773. The van der Waals surface area contributed by atoms with E-state index in [1.165, 1.54) is 11.0 Å². The summed E-state index contributed by atoms with van der Waals surface area (Å²) in [6, 6.07) is 8.24. The molecule has 0 bridgehead atoms. The molecule has 0 saturated carbocycles. The minimum Gasteiger partial charge on any atom is -0.376 e. The van der Waals surface area contributed by atoms with E-state index >= 15 is 0 Å². The lowest BCUT2D eigenvalue weighted by Gasteiger charge is -2.22. The van der Waals surface area contributed by atoms with E-state index in [4.69, 9.17) is 4.74 Å². The lowest BCUT2D eigenvalue weighted by molar-refractivity contribution is -0.130. The van der Waals surface area contributed by atoms with Crippen LogP contribution in [0.4, 0.5) is 4.79 Å². The molecule has 2 aliphatic heterocycles. The fourth-order valence-corrected chi connectivity index (χ4v) is 4.86. The molecule has 0 radical (unpaired) electrons. The van der Waals surface area contributed by atoms with Crippen molar-refractivity contribution in [3.05, 3.63) is 59.2 Å². The van der Waals surface area contributed by atoms with Crippen LogP contribution >= 0.6 is 0 Å². The van der Waals surface area contributed by atoms with E-state index in [0.717, 1.165) is 35.7 Å². The Kier molecular flexibility index (Phi) is 5.72. The van der Waals surface area contributed by atoms with E-state index in [2.05, 4.69) is 25.4 Å². The van der Waals surface area contributed by atoms with Crippen LogP contribution in [0.5, 0.6) is 0 Å². The van der Waals surface area contributed by atoms with Crippen molar-refractivity contribution in [1.82, 2.24) is 35.0 Å². The van der Waals surface area contributed by atoms with Gasteiger partial charge in [-0.15, -0.1) is 5.10 Å². The molecule has 11 heteroatoms. The Bertz CT molecular complexity index is 1290. The topological polar surface area (TPSA) is 124 Å². The molecule has 2 unspecified atom stereocenters. The standard InChI is InChI=1S/C24H27N7O4/c1-15-10-20(16(2)29(15)12-19-8-5-9-35-19)21(32)13-30-22(33)24(3,26-23(30)34)17-6-4-7-18(11-17)31-14-25-27-28-31/h4,6-7,10-11,14,19H,5,8-9,12-13H2,1-3H3,(H,26,34). The highest BCUT2D eigenvalue weighted by atomic mass is 16.5. The van der Waals surface area contributed by atoms with Crippen LogP contribution in [-0.2, 0) is 21.6 Å². The van der Waals surface area contributed by atoms with Gasteiger partial charge in [-0.3, -0.25) is 14.5 Å². The summed E-state index contributed by atoms with van der Waals surface area (Å²) in [5.41, 5.74) is 2.15. The zero-order valence-corrected chi connectivity index (χ0v) is 19.9. The maximum atomic E-state index is 13.4. The number of nitrogens with zero attached hydrogens (tertiary/aromatic N) is 6. The highest BCUT2D eigenvalue weighted by molar-refractivity contribution is 6.11. The smallest absolute Gasteiger partial charge is 0.325 e. The van der Waals surface area contributed by atoms with Gasteiger partial charge in [-0.05, 0) is 67.8 Å². The Morgan fingerprint density at radius 1 is 1.26 bits per heavy atom. The first-order valence-corrected chi connectivity index (χ1v) is 11.6. The number of carbonyl (C=O) groups excluding carboxylic acids is 3. The van der Waals surface area contributed by atoms with Crippen molar-refractivity contribution in [3.63, 3.8) is 0 Å². The fourth-order valence-electron chi connectivity index (χ4n) is 4.86. The van der Waals surface area contributed by atoms with Gasteiger partial charge >= 0.3 is 6.03 Å². The van der Waals surface area contributed by atoms with Crippen LogP contribution in [0.1, 0.15) is 47.1 Å². The van der Waals surface area contributed by atoms with E-state index in [1.807, 2.05) is 19.9 Å². The summed E-state index contributed by atoms with van der Waals surface area (Å²) >= 11 is 0. The van der Waals surface area contributed by atoms with Crippen LogP contribution in [0.25, 0.3) is 5.69 Å². The molecule has 5 rings (SSSR count). The van der Waals surface area contributed by atoms with Crippen molar-refractivity contribution in [2.24, 2.45) is 0 Å². The summed E-state index contributed by atoms with van der Waals surface area (Å²) in [7, 11) is 0. The maximum absolute atomic E-state index is 13.4. The molecule has 1 N–H and O–H groups in total. The van der Waals surface area contributed by atoms with Crippen LogP contribution < -0.4 is 5.32 Å². The maximum Gasteiger partial charge on any atom is 0.325 e. The normalized spacial score (nSPS) is 22.1. The number of rotatable bonds is 7. The lowest BCUT2D eigenvalue weighted by atomic mass is 9.91. The molecule has 2 aliphatic rings. The molecule has 182 valence electrons. The van der Waals surface area contributed by atoms with Crippen molar-refractivity contribution in [3.8, 4) is 5.69 Å². The van der Waals surface area contributed by atoms with Crippen molar-refractivity contribution in [2.75, 3.05) is 13.2 Å². The van der Waals surface area contributed by atoms with Crippen LogP contribution in [0, 0.1) is 13.8 Å². The van der Waals surface area contributed by atoms with Gasteiger partial charge in [0.05, 0.1) is 18.3 Å². The van der Waals surface area contributed by atoms with E-state index < -0.39 is 17.5 Å². The number of ether oxygens (including phenoxy) is 1. The molecule has 2 atom stereocenters. The number of benzene rings is 1. The number of nitrogens with one attached hydrogen (secondary N) is 1. The second-order valence-corrected chi connectivity index (χ2v) is 9.20. The average Bonchev–Trinajstić information content (AvgIpc) is 3.64. The second kappa shape index (κ2) is 8.73. The largest absolute Gasteiger partial charge is 0.376 e.